The first-order valence-electron chi connectivity index (χ1n) is 7.64. The number of piperidine rings is 1. The molecule has 1 unspecified atom stereocenters. The lowest BCUT2D eigenvalue weighted by atomic mass is 9.89. The van der Waals surface area contributed by atoms with Crippen molar-refractivity contribution in [2.24, 2.45) is 13.0 Å². The number of aryl methyl sites for hydroxylation is 1. The van der Waals surface area contributed by atoms with Gasteiger partial charge in [-0.2, -0.15) is 5.10 Å². The van der Waals surface area contributed by atoms with Crippen molar-refractivity contribution in [2.45, 2.75) is 45.6 Å². The smallest absolute Gasteiger partial charge is 0.0722 e. The van der Waals surface area contributed by atoms with E-state index in [2.05, 4.69) is 37.0 Å². The molecule has 4 nitrogen and oxygen atoms in total. The third-order valence-corrected chi connectivity index (χ3v) is 4.01. The van der Waals surface area contributed by atoms with Gasteiger partial charge in [-0.15, -0.1) is 0 Å². The number of nitrogens with zero attached hydrogens (tertiary/aromatic N) is 3. The van der Waals surface area contributed by atoms with Gasteiger partial charge in [0.25, 0.3) is 0 Å². The van der Waals surface area contributed by atoms with Gasteiger partial charge in [0, 0.05) is 44.4 Å². The fraction of sp³-hybridized carbons (Fsp3) is 0.812. The summed E-state index contributed by atoms with van der Waals surface area (Å²) in [5.74, 6) is 0.684. The van der Waals surface area contributed by atoms with E-state index in [4.69, 9.17) is 4.74 Å². The molecule has 4 heteroatoms. The predicted octanol–water partition coefficient (Wildman–Crippen LogP) is 2.58. The number of rotatable bonds is 4. The summed E-state index contributed by atoms with van der Waals surface area (Å²) < 4.78 is 7.27. The number of ether oxygens (including phenoxy) is 1. The van der Waals surface area contributed by atoms with Gasteiger partial charge in [0.1, 0.15) is 0 Å². The van der Waals surface area contributed by atoms with Crippen LogP contribution < -0.4 is 0 Å². The van der Waals surface area contributed by atoms with Crippen LogP contribution in [-0.4, -0.2) is 41.5 Å². The summed E-state index contributed by atoms with van der Waals surface area (Å²) in [6.07, 6.45) is 4.75. The molecule has 20 heavy (non-hydrogen) atoms. The van der Waals surface area contributed by atoms with Crippen molar-refractivity contribution in [3.63, 3.8) is 0 Å². The molecule has 2 rings (SSSR count). The van der Waals surface area contributed by atoms with E-state index in [0.29, 0.717) is 5.92 Å². The normalized spacial score (nSPS) is 21.4. The summed E-state index contributed by atoms with van der Waals surface area (Å²) in [6.45, 7) is 11.0. The number of methoxy groups -OCH3 is 1. The first-order chi connectivity index (χ1) is 9.40. The van der Waals surface area contributed by atoms with Gasteiger partial charge < -0.3 is 4.74 Å². The summed E-state index contributed by atoms with van der Waals surface area (Å²) in [6, 6.07) is 0. The van der Waals surface area contributed by atoms with E-state index >= 15 is 0 Å². The van der Waals surface area contributed by atoms with Crippen molar-refractivity contribution in [3.05, 3.63) is 17.5 Å². The summed E-state index contributed by atoms with van der Waals surface area (Å²) in [5, 5.41) is 4.67. The maximum absolute atomic E-state index is 5.32. The van der Waals surface area contributed by atoms with Gasteiger partial charge in [-0.3, -0.25) is 9.58 Å². The quantitative estimate of drug-likeness (QED) is 0.848. The Balaban J connectivity index is 2.06. The van der Waals surface area contributed by atoms with Gasteiger partial charge in [0.2, 0.25) is 0 Å². The van der Waals surface area contributed by atoms with Crippen molar-refractivity contribution in [1.82, 2.24) is 14.7 Å². The molecule has 0 amide bonds. The first kappa shape index (κ1) is 15.5. The minimum absolute atomic E-state index is 0.109. The average molecular weight is 279 g/mol. The first-order valence-corrected chi connectivity index (χ1v) is 7.64. The number of hydrogen-bond donors (Lipinski definition) is 0. The maximum atomic E-state index is 5.32. The highest BCUT2D eigenvalue weighted by Crippen LogP contribution is 2.26. The van der Waals surface area contributed by atoms with Crippen LogP contribution in [0.15, 0.2) is 6.20 Å². The second kappa shape index (κ2) is 6.27. The van der Waals surface area contributed by atoms with E-state index < -0.39 is 0 Å². The van der Waals surface area contributed by atoms with E-state index in [1.807, 2.05) is 11.7 Å². The van der Waals surface area contributed by atoms with Crippen LogP contribution in [0.1, 0.15) is 44.9 Å². The minimum Gasteiger partial charge on any atom is -0.384 e. The summed E-state index contributed by atoms with van der Waals surface area (Å²) in [5.41, 5.74) is 2.71. The lowest BCUT2D eigenvalue weighted by Crippen LogP contribution is -2.37. The molecule has 0 spiro atoms. The Bertz CT molecular complexity index is 431. The fourth-order valence-corrected chi connectivity index (χ4v) is 3.19. The molecule has 1 aromatic rings. The summed E-state index contributed by atoms with van der Waals surface area (Å²) >= 11 is 0. The van der Waals surface area contributed by atoms with Crippen molar-refractivity contribution in [2.75, 3.05) is 26.8 Å². The number of likely N-dealkylation sites (tertiary alicyclic amines) is 1. The number of aromatic nitrogens is 2. The Kier molecular flexibility index (Phi) is 4.86. The second-order valence-electron chi connectivity index (χ2n) is 7.13. The van der Waals surface area contributed by atoms with Crippen LogP contribution in [0, 0.1) is 5.92 Å². The predicted molar refractivity (Wildman–Crippen MR) is 81.8 cm³/mol. The van der Waals surface area contributed by atoms with Crippen molar-refractivity contribution >= 4 is 0 Å². The Morgan fingerprint density at radius 1 is 1.40 bits per heavy atom. The lowest BCUT2D eigenvalue weighted by Gasteiger charge is -2.32. The van der Waals surface area contributed by atoms with Crippen LogP contribution in [0.2, 0.25) is 0 Å². The monoisotopic (exact) mass is 279 g/mol. The summed E-state index contributed by atoms with van der Waals surface area (Å²) in [4.78, 5) is 2.56. The standard InChI is InChI=1S/C16H29N3O/c1-16(2,3)15-14(10-18(4)17-15)11-19-8-6-7-13(9-19)12-20-5/h10,13H,6-9,11-12H2,1-5H3. The van der Waals surface area contributed by atoms with Gasteiger partial charge in [-0.25, -0.2) is 0 Å². The molecule has 1 aliphatic heterocycles. The Labute approximate surface area is 123 Å². The van der Waals surface area contributed by atoms with E-state index in [9.17, 15) is 0 Å². The zero-order chi connectivity index (χ0) is 14.8. The molecule has 0 bridgehead atoms. The third kappa shape index (κ3) is 3.83. The maximum Gasteiger partial charge on any atom is 0.0722 e. The molecular formula is C16H29N3O. The van der Waals surface area contributed by atoms with Crippen LogP contribution in [0.4, 0.5) is 0 Å². The second-order valence-corrected chi connectivity index (χ2v) is 7.13. The molecule has 1 aromatic heterocycles. The molecular weight excluding hydrogens is 250 g/mol. The molecule has 0 N–H and O–H groups in total. The molecule has 0 radical (unpaired) electrons. The molecule has 1 aliphatic rings. The molecule has 1 atom stereocenters. The van der Waals surface area contributed by atoms with Crippen LogP contribution in [-0.2, 0) is 23.7 Å². The van der Waals surface area contributed by atoms with Crippen LogP contribution in [0.5, 0.6) is 0 Å². The van der Waals surface area contributed by atoms with Gasteiger partial charge >= 0.3 is 0 Å². The van der Waals surface area contributed by atoms with Crippen LogP contribution >= 0.6 is 0 Å². The fourth-order valence-electron chi connectivity index (χ4n) is 3.19. The Morgan fingerprint density at radius 3 is 2.80 bits per heavy atom. The molecule has 0 aliphatic carbocycles. The Morgan fingerprint density at radius 2 is 2.15 bits per heavy atom. The SMILES string of the molecule is COCC1CCCN(Cc2cn(C)nc2C(C)(C)C)C1. The molecule has 0 aromatic carbocycles. The van der Waals surface area contributed by atoms with Crippen molar-refractivity contribution in [3.8, 4) is 0 Å². The zero-order valence-corrected chi connectivity index (χ0v) is 13.6. The van der Waals surface area contributed by atoms with Gasteiger partial charge in [0.05, 0.1) is 12.3 Å². The van der Waals surface area contributed by atoms with Crippen LogP contribution in [0.25, 0.3) is 0 Å². The van der Waals surface area contributed by atoms with E-state index in [1.54, 1.807) is 7.11 Å². The highest BCUT2D eigenvalue weighted by atomic mass is 16.5. The highest BCUT2D eigenvalue weighted by Gasteiger charge is 2.25. The third-order valence-electron chi connectivity index (χ3n) is 4.01. The summed E-state index contributed by atoms with van der Waals surface area (Å²) in [7, 11) is 3.82. The molecule has 114 valence electrons. The van der Waals surface area contributed by atoms with Crippen LogP contribution in [0.3, 0.4) is 0 Å². The van der Waals surface area contributed by atoms with E-state index in [-0.39, 0.29) is 5.41 Å². The van der Waals surface area contributed by atoms with Gasteiger partial charge in [-0.05, 0) is 25.3 Å². The molecule has 1 fully saturated rings. The lowest BCUT2D eigenvalue weighted by molar-refractivity contribution is 0.0871. The van der Waals surface area contributed by atoms with E-state index in [0.717, 1.165) is 19.7 Å². The average Bonchev–Trinajstić information content (AvgIpc) is 2.71. The van der Waals surface area contributed by atoms with Crippen molar-refractivity contribution < 1.29 is 4.74 Å². The molecule has 1 saturated heterocycles. The zero-order valence-electron chi connectivity index (χ0n) is 13.6. The molecule has 2 heterocycles. The minimum atomic E-state index is 0.109. The Hall–Kier alpha value is -0.870. The molecule has 0 saturated carbocycles. The number of hydrogen-bond acceptors (Lipinski definition) is 3. The van der Waals surface area contributed by atoms with E-state index in [1.165, 1.54) is 30.6 Å². The van der Waals surface area contributed by atoms with Crippen molar-refractivity contribution in [1.29, 1.82) is 0 Å². The van der Waals surface area contributed by atoms with Gasteiger partial charge in [-0.1, -0.05) is 20.8 Å². The van der Waals surface area contributed by atoms with Gasteiger partial charge in [0.15, 0.2) is 0 Å². The topological polar surface area (TPSA) is 30.3 Å². The highest BCUT2D eigenvalue weighted by molar-refractivity contribution is 5.24. The largest absolute Gasteiger partial charge is 0.384 e.